The summed E-state index contributed by atoms with van der Waals surface area (Å²) < 4.78 is 35.6. The fourth-order valence-corrected chi connectivity index (χ4v) is 4.81. The molecule has 0 saturated heterocycles. The highest BCUT2D eigenvalue weighted by Gasteiger charge is 2.45. The minimum atomic E-state index is -2.14. The van der Waals surface area contributed by atoms with E-state index in [9.17, 15) is 0 Å². The molecule has 0 bridgehead atoms. The van der Waals surface area contributed by atoms with Crippen LogP contribution in [0.5, 0.6) is 0 Å². The highest BCUT2D eigenvalue weighted by Crippen LogP contribution is 2.36. The van der Waals surface area contributed by atoms with Crippen molar-refractivity contribution in [1.82, 2.24) is 0 Å². The molecular weight excluding hydrogens is 649 g/mol. The van der Waals surface area contributed by atoms with Crippen molar-refractivity contribution in [1.29, 1.82) is 5.41 Å². The van der Waals surface area contributed by atoms with Gasteiger partial charge in [0.25, 0.3) is 10.1 Å². The summed E-state index contributed by atoms with van der Waals surface area (Å²) in [6, 6.07) is 38.9. The molecule has 0 fully saturated rings. The third-order valence-electron chi connectivity index (χ3n) is 6.97. The van der Waals surface area contributed by atoms with Crippen molar-refractivity contribution in [3.8, 4) is 0 Å². The largest absolute Gasteiger partial charge is 0.487 e. The number of benzene rings is 4. The molecule has 1 aliphatic rings. The summed E-state index contributed by atoms with van der Waals surface area (Å²) in [5.74, 6) is -0.146. The Morgan fingerprint density at radius 3 is 1.52 bits per heavy atom. The van der Waals surface area contributed by atoms with Crippen molar-refractivity contribution in [2.75, 3.05) is 6.61 Å². The zero-order valence-corrected chi connectivity index (χ0v) is 27.2. The molecule has 5 rings (SSSR count). The van der Waals surface area contributed by atoms with Gasteiger partial charge in [-0.15, -0.1) is 0 Å². The zero-order chi connectivity index (χ0) is 32.2. The Bertz CT molecular complexity index is 1540. The molecule has 0 aliphatic carbocycles. The fourth-order valence-electron chi connectivity index (χ4n) is 4.67. The molecule has 240 valence electrons. The lowest BCUT2D eigenvalue weighted by Gasteiger charge is -2.38. The normalized spacial score (nSPS) is 18.2. The number of alkyl halides is 3. The van der Waals surface area contributed by atoms with Crippen molar-refractivity contribution in [2.24, 2.45) is 0 Å². The van der Waals surface area contributed by atoms with E-state index in [0.29, 0.717) is 12.4 Å². The lowest BCUT2D eigenvalue weighted by Crippen LogP contribution is -2.48. The number of rotatable bonds is 14. The molecule has 7 nitrogen and oxygen atoms in total. The second-order valence-electron chi connectivity index (χ2n) is 10.4. The zero-order valence-electron chi connectivity index (χ0n) is 24.9. The third-order valence-corrected chi connectivity index (χ3v) is 7.49. The second kappa shape index (κ2) is 16.8. The number of nitrogens with one attached hydrogen (secondary N) is 1. The van der Waals surface area contributed by atoms with Crippen molar-refractivity contribution in [3.05, 3.63) is 155 Å². The van der Waals surface area contributed by atoms with E-state index in [-0.39, 0.29) is 32.2 Å². The third kappa shape index (κ3) is 9.97. The van der Waals surface area contributed by atoms with Crippen LogP contribution in [0.2, 0.25) is 0 Å². The van der Waals surface area contributed by atoms with Crippen LogP contribution in [0.1, 0.15) is 22.3 Å². The minimum absolute atomic E-state index is 0.0967. The summed E-state index contributed by atoms with van der Waals surface area (Å²) in [7, 11) is 0. The molecule has 46 heavy (non-hydrogen) atoms. The molecule has 3 unspecified atom stereocenters. The molecule has 0 spiro atoms. The van der Waals surface area contributed by atoms with Gasteiger partial charge in [-0.25, -0.2) is 0 Å². The maximum atomic E-state index is 8.35. The lowest BCUT2D eigenvalue weighted by atomic mass is 10.1. The minimum Gasteiger partial charge on any atom is -0.487 e. The Labute approximate surface area is 284 Å². The summed E-state index contributed by atoms with van der Waals surface area (Å²) in [5.41, 5.74) is 3.77. The van der Waals surface area contributed by atoms with E-state index >= 15 is 0 Å². The Balaban J connectivity index is 1.51. The van der Waals surface area contributed by atoms with Crippen LogP contribution >= 0.6 is 34.8 Å². The van der Waals surface area contributed by atoms with Crippen molar-refractivity contribution >= 4 is 40.7 Å². The van der Waals surface area contributed by atoms with Crippen LogP contribution in [0.4, 0.5) is 0 Å². The van der Waals surface area contributed by atoms with Gasteiger partial charge in [-0.3, -0.25) is 5.41 Å². The number of halogens is 3. The monoisotopic (exact) mass is 681 g/mol. The van der Waals surface area contributed by atoms with Crippen LogP contribution in [-0.4, -0.2) is 34.8 Å². The van der Waals surface area contributed by atoms with Crippen molar-refractivity contribution in [3.63, 3.8) is 0 Å². The van der Waals surface area contributed by atoms with E-state index in [2.05, 4.69) is 0 Å². The highest BCUT2D eigenvalue weighted by atomic mass is 35.6. The quantitative estimate of drug-likeness (QED) is 0.0816. The van der Waals surface area contributed by atoms with E-state index in [4.69, 9.17) is 68.6 Å². The van der Waals surface area contributed by atoms with Gasteiger partial charge in [-0.05, 0) is 22.3 Å². The maximum absolute atomic E-state index is 8.35. The smallest absolute Gasteiger partial charge is 0.265 e. The number of hydrogen-bond acceptors (Lipinski definition) is 7. The van der Waals surface area contributed by atoms with Gasteiger partial charge >= 0.3 is 0 Å². The lowest BCUT2D eigenvalue weighted by molar-refractivity contribution is -0.209. The van der Waals surface area contributed by atoms with E-state index in [0.717, 1.165) is 22.3 Å². The van der Waals surface area contributed by atoms with Crippen LogP contribution in [0.3, 0.4) is 0 Å². The standard InChI is InChI=1S/C36H34Cl3NO6/c37-36(38,39)35(40)46-34-33(44-24-29-19-11-4-12-20-29)32(43-23-28-17-9-3-10-18-28)31(42-22-27-15-7-2-8-16-27)30(45-34)25-41-21-26-13-5-1-6-14-26/h1-20,30-31,34,40H,21-25H2. The molecular formula is C36H34Cl3NO6. The van der Waals surface area contributed by atoms with Crippen LogP contribution in [0, 0.1) is 5.41 Å². The first-order chi connectivity index (χ1) is 22.4. The summed E-state index contributed by atoms with van der Waals surface area (Å²) in [6.45, 7) is 1.04. The van der Waals surface area contributed by atoms with E-state index in [1.165, 1.54) is 0 Å². The topological polar surface area (TPSA) is 79.2 Å². The van der Waals surface area contributed by atoms with Gasteiger partial charge < -0.3 is 28.4 Å². The van der Waals surface area contributed by atoms with Gasteiger partial charge in [0, 0.05) is 0 Å². The first-order valence-corrected chi connectivity index (χ1v) is 15.8. The van der Waals surface area contributed by atoms with E-state index < -0.39 is 28.2 Å². The molecule has 10 heteroatoms. The van der Waals surface area contributed by atoms with Gasteiger partial charge in [-0.1, -0.05) is 156 Å². The van der Waals surface area contributed by atoms with Gasteiger partial charge in [0.05, 0.1) is 19.8 Å². The van der Waals surface area contributed by atoms with Crippen molar-refractivity contribution < 1.29 is 28.4 Å². The van der Waals surface area contributed by atoms with Crippen LogP contribution in [0.25, 0.3) is 0 Å². The Hall–Kier alpha value is -3.56. The molecule has 4 aromatic carbocycles. The molecule has 4 aromatic rings. The summed E-state index contributed by atoms with van der Waals surface area (Å²) in [4.78, 5) is 0. The van der Waals surface area contributed by atoms with E-state index in [1.807, 2.05) is 121 Å². The van der Waals surface area contributed by atoms with Crippen LogP contribution in [0.15, 0.2) is 133 Å². The van der Waals surface area contributed by atoms with Gasteiger partial charge in [0.1, 0.15) is 25.4 Å². The molecule has 1 heterocycles. The molecule has 1 N–H and O–H groups in total. The first-order valence-electron chi connectivity index (χ1n) is 14.7. The van der Waals surface area contributed by atoms with Crippen LogP contribution in [-0.2, 0) is 54.8 Å². The predicted octanol–water partition coefficient (Wildman–Crippen LogP) is 8.52. The Kier molecular flexibility index (Phi) is 12.4. The molecule has 0 aromatic heterocycles. The average molecular weight is 683 g/mol. The molecule has 3 atom stereocenters. The maximum Gasteiger partial charge on any atom is 0.265 e. The van der Waals surface area contributed by atoms with Crippen LogP contribution < -0.4 is 0 Å². The van der Waals surface area contributed by atoms with E-state index in [1.54, 1.807) is 0 Å². The number of hydrogen-bond donors (Lipinski definition) is 1. The molecule has 1 aliphatic heterocycles. The molecule has 0 amide bonds. The fraction of sp³-hybridized carbons (Fsp3) is 0.250. The van der Waals surface area contributed by atoms with Gasteiger partial charge in [-0.2, -0.15) is 0 Å². The summed E-state index contributed by atoms with van der Waals surface area (Å²) in [5, 5.41) is 8.35. The molecule has 0 radical (unpaired) electrons. The summed E-state index contributed by atoms with van der Waals surface area (Å²) >= 11 is 18.1. The van der Waals surface area contributed by atoms with Gasteiger partial charge in [0.15, 0.2) is 5.76 Å². The highest BCUT2D eigenvalue weighted by molar-refractivity contribution is 6.76. The first kappa shape index (κ1) is 33.8. The number of ether oxygens (including phenoxy) is 6. The Morgan fingerprint density at radius 1 is 0.609 bits per heavy atom. The Morgan fingerprint density at radius 2 is 1.04 bits per heavy atom. The van der Waals surface area contributed by atoms with Crippen molar-refractivity contribution in [2.45, 2.75) is 48.7 Å². The summed E-state index contributed by atoms with van der Waals surface area (Å²) in [6.07, 6.45) is -2.85. The average Bonchev–Trinajstić information content (AvgIpc) is 3.07. The predicted molar refractivity (Wildman–Crippen MR) is 178 cm³/mol. The molecule has 0 saturated carbocycles. The SMILES string of the molecule is N=C(OC1OC(COCc2ccccc2)C(OCc2ccccc2)C(OCc2ccccc2)=C1OCc1ccccc1)C(Cl)(Cl)Cl. The van der Waals surface area contributed by atoms with Gasteiger partial charge in [0.2, 0.25) is 11.7 Å². The second-order valence-corrected chi connectivity index (χ2v) is 12.7.